The average Bonchev–Trinajstić information content (AvgIpc) is 1.37. The van der Waals surface area contributed by atoms with Crippen molar-refractivity contribution in [2.45, 2.75) is 17.8 Å². The summed E-state index contributed by atoms with van der Waals surface area (Å²) in [5.41, 5.74) is 0. The topological polar surface area (TPSA) is 0 Å². The second-order valence-corrected chi connectivity index (χ2v) is 2.18. The predicted molar refractivity (Wildman–Crippen MR) is 20.9 cm³/mol. The molecule has 0 amide bonds. The fraction of sp³-hybridized carbons (Fsp3) is 1.00. The second kappa shape index (κ2) is 3.80. The Morgan fingerprint density at radius 2 is 2.00 bits per heavy atom. The van der Waals surface area contributed by atoms with Gasteiger partial charge in [0.1, 0.15) is 0 Å². The molecule has 0 spiro atoms. The van der Waals surface area contributed by atoms with Crippen molar-refractivity contribution in [3.63, 3.8) is 0 Å². The van der Waals surface area contributed by atoms with Crippen molar-refractivity contribution >= 4 is 22.5 Å². The molecule has 0 fully saturated rings. The molecule has 0 aromatic carbocycles. The standard InChI is InChI=1S/C3H7.Sn/c1-3-2;/h1,3H2,2H3;/q;+3. The number of rotatable bonds is 1. The van der Waals surface area contributed by atoms with Crippen LogP contribution >= 0.6 is 0 Å². The summed E-state index contributed by atoms with van der Waals surface area (Å²) in [4.78, 5) is 0. The summed E-state index contributed by atoms with van der Waals surface area (Å²) in [5, 5.41) is 0. The molecule has 0 saturated heterocycles. The van der Waals surface area contributed by atoms with Gasteiger partial charge in [0.05, 0.1) is 0 Å². The van der Waals surface area contributed by atoms with Gasteiger partial charge in [-0.05, 0) is 0 Å². The van der Waals surface area contributed by atoms with E-state index in [9.17, 15) is 0 Å². The molecule has 0 heterocycles. The van der Waals surface area contributed by atoms with Crippen LogP contribution in [0.4, 0.5) is 0 Å². The Labute approximate surface area is 40.7 Å². The number of hydrogen-bond acceptors (Lipinski definition) is 0. The summed E-state index contributed by atoms with van der Waals surface area (Å²) >= 11 is 1.67. The van der Waals surface area contributed by atoms with E-state index in [0.29, 0.717) is 0 Å². The summed E-state index contributed by atoms with van der Waals surface area (Å²) in [6, 6.07) is 0. The molecule has 0 aliphatic rings. The molecule has 0 bridgehead atoms. The third-order valence-electron chi connectivity index (χ3n) is 0.250. The molecule has 4 heavy (non-hydrogen) atoms. The van der Waals surface area contributed by atoms with Crippen LogP contribution < -0.4 is 0 Å². The van der Waals surface area contributed by atoms with Crippen LogP contribution in [0.15, 0.2) is 0 Å². The summed E-state index contributed by atoms with van der Waals surface area (Å²) < 4.78 is 1.41. The van der Waals surface area contributed by atoms with E-state index < -0.39 is 0 Å². The van der Waals surface area contributed by atoms with E-state index in [2.05, 4.69) is 6.92 Å². The van der Waals surface area contributed by atoms with Gasteiger partial charge >= 0.3 is 40.3 Å². The zero-order chi connectivity index (χ0) is 3.41. The molecule has 0 unspecified atom stereocenters. The van der Waals surface area contributed by atoms with E-state index in [-0.39, 0.29) is 0 Å². The molecular formula is C3H7Sn+3. The Morgan fingerprint density at radius 3 is 2.00 bits per heavy atom. The zero-order valence-electron chi connectivity index (χ0n) is 2.91. The molecule has 0 aromatic rings. The minimum atomic E-state index is 1.36. The molecule has 0 N–H and O–H groups in total. The monoisotopic (exact) mass is 163 g/mol. The van der Waals surface area contributed by atoms with E-state index in [1.165, 1.54) is 10.9 Å². The van der Waals surface area contributed by atoms with Gasteiger partial charge in [0, 0.05) is 0 Å². The molecule has 0 aliphatic carbocycles. The first-order valence-corrected chi connectivity index (χ1v) is 3.58. The maximum absolute atomic E-state index is 2.20. The van der Waals surface area contributed by atoms with Gasteiger partial charge in [0.15, 0.2) is 0 Å². The second-order valence-electron chi connectivity index (χ2n) is 0.750. The van der Waals surface area contributed by atoms with Crippen LogP contribution in [-0.2, 0) is 0 Å². The number of hydrogen-bond donors (Lipinski definition) is 0. The maximum atomic E-state index is 2.20. The van der Waals surface area contributed by atoms with Crippen LogP contribution in [0, 0.1) is 0 Å². The predicted octanol–water partition coefficient (Wildman–Crippen LogP) is 0.983. The van der Waals surface area contributed by atoms with Gasteiger partial charge in [-0.2, -0.15) is 0 Å². The first-order valence-electron chi connectivity index (χ1n) is 1.56. The molecule has 0 saturated carbocycles. The first-order chi connectivity index (χ1) is 1.91. The summed E-state index contributed by atoms with van der Waals surface area (Å²) in [6.45, 7) is 2.20. The van der Waals surface area contributed by atoms with Crippen molar-refractivity contribution in [2.24, 2.45) is 0 Å². The molecule has 0 nitrogen and oxygen atoms in total. The van der Waals surface area contributed by atoms with Crippen LogP contribution in [0.2, 0.25) is 4.44 Å². The summed E-state index contributed by atoms with van der Waals surface area (Å²) in [7, 11) is 0. The van der Waals surface area contributed by atoms with Crippen LogP contribution in [0.25, 0.3) is 0 Å². The van der Waals surface area contributed by atoms with Gasteiger partial charge < -0.3 is 0 Å². The minimum absolute atomic E-state index is 1.36. The Kier molecular flexibility index (Phi) is 4.56. The van der Waals surface area contributed by atoms with Gasteiger partial charge in [-0.15, -0.1) is 0 Å². The molecule has 0 aromatic heterocycles. The molecular weight excluding hydrogens is 155 g/mol. The zero-order valence-corrected chi connectivity index (χ0v) is 5.77. The molecule has 0 radical (unpaired) electrons. The van der Waals surface area contributed by atoms with E-state index >= 15 is 0 Å². The fourth-order valence-corrected chi connectivity index (χ4v) is 0. The molecule has 0 atom stereocenters. The average molecular weight is 162 g/mol. The Morgan fingerprint density at radius 1 is 1.75 bits per heavy atom. The first kappa shape index (κ1) is 4.80. The molecule has 0 rings (SSSR count). The van der Waals surface area contributed by atoms with Gasteiger partial charge in [0.25, 0.3) is 0 Å². The van der Waals surface area contributed by atoms with Crippen molar-refractivity contribution in [3.8, 4) is 0 Å². The van der Waals surface area contributed by atoms with Crippen LogP contribution in [0.5, 0.6) is 0 Å². The van der Waals surface area contributed by atoms with Gasteiger partial charge in [0.2, 0.25) is 0 Å². The van der Waals surface area contributed by atoms with E-state index in [1.807, 2.05) is 0 Å². The van der Waals surface area contributed by atoms with Crippen LogP contribution in [-0.4, -0.2) is 22.5 Å². The summed E-state index contributed by atoms with van der Waals surface area (Å²) in [6.07, 6.45) is 1.36. The van der Waals surface area contributed by atoms with Gasteiger partial charge in [-0.1, -0.05) is 0 Å². The van der Waals surface area contributed by atoms with Gasteiger partial charge in [-0.3, -0.25) is 0 Å². The molecule has 0 aliphatic heterocycles. The van der Waals surface area contributed by atoms with Gasteiger partial charge in [-0.25, -0.2) is 0 Å². The van der Waals surface area contributed by atoms with E-state index in [4.69, 9.17) is 0 Å². The van der Waals surface area contributed by atoms with Crippen molar-refractivity contribution in [1.82, 2.24) is 0 Å². The van der Waals surface area contributed by atoms with E-state index in [0.717, 1.165) is 0 Å². The third kappa shape index (κ3) is 2.80. The Hall–Kier alpha value is 0.799. The fourth-order valence-electron chi connectivity index (χ4n) is 0. The quantitative estimate of drug-likeness (QED) is 0.504. The van der Waals surface area contributed by atoms with Crippen LogP contribution in [0.3, 0.4) is 0 Å². The molecule has 20 valence electrons. The van der Waals surface area contributed by atoms with Crippen molar-refractivity contribution in [3.05, 3.63) is 0 Å². The van der Waals surface area contributed by atoms with E-state index in [1.54, 1.807) is 22.5 Å². The van der Waals surface area contributed by atoms with Crippen LogP contribution in [0.1, 0.15) is 13.3 Å². The Bertz CT molecular complexity index is 5.25. The summed E-state index contributed by atoms with van der Waals surface area (Å²) in [5.74, 6) is 0. The SMILES string of the molecule is CC[CH2][Sn+3]. The van der Waals surface area contributed by atoms with Crippen molar-refractivity contribution < 1.29 is 0 Å². The Balaban J connectivity index is 1.97. The molecule has 1 heteroatoms. The third-order valence-corrected chi connectivity index (χ3v) is 1.68. The van der Waals surface area contributed by atoms with Crippen molar-refractivity contribution in [2.75, 3.05) is 0 Å². The normalized spacial score (nSPS) is 7.75. The van der Waals surface area contributed by atoms with Crippen molar-refractivity contribution in [1.29, 1.82) is 0 Å².